The van der Waals surface area contributed by atoms with Gasteiger partial charge in [0.2, 0.25) is 5.88 Å². The third-order valence-electron chi connectivity index (χ3n) is 3.49. The third-order valence-corrected chi connectivity index (χ3v) is 4.69. The van der Waals surface area contributed by atoms with Crippen LogP contribution in [-0.2, 0) is 13.6 Å². The van der Waals surface area contributed by atoms with Gasteiger partial charge in [0.1, 0.15) is 4.83 Å². The van der Waals surface area contributed by atoms with E-state index in [0.29, 0.717) is 23.9 Å². The summed E-state index contributed by atoms with van der Waals surface area (Å²) in [6, 6.07) is 5.63. The molecule has 0 atom stereocenters. The fourth-order valence-corrected chi connectivity index (χ4v) is 3.44. The van der Waals surface area contributed by atoms with Gasteiger partial charge in [-0.1, -0.05) is 6.07 Å². The van der Waals surface area contributed by atoms with Gasteiger partial charge in [-0.15, -0.1) is 11.3 Å². The van der Waals surface area contributed by atoms with Crippen molar-refractivity contribution in [2.75, 3.05) is 6.61 Å². The Morgan fingerprint density at radius 2 is 2.30 bits per heavy atom. The molecule has 0 aliphatic rings. The lowest BCUT2D eigenvalue weighted by Crippen LogP contribution is -2.22. The van der Waals surface area contributed by atoms with Crippen molar-refractivity contribution in [1.82, 2.24) is 20.1 Å². The van der Waals surface area contributed by atoms with Gasteiger partial charge in [-0.25, -0.2) is 4.98 Å². The van der Waals surface area contributed by atoms with Crippen molar-refractivity contribution in [3.8, 4) is 5.88 Å². The third kappa shape index (κ3) is 3.05. The van der Waals surface area contributed by atoms with Crippen molar-refractivity contribution in [2.45, 2.75) is 20.4 Å². The summed E-state index contributed by atoms with van der Waals surface area (Å²) in [7, 11) is 1.89. The number of nitrogens with one attached hydrogen (secondary N) is 1. The molecule has 0 aliphatic heterocycles. The first-order valence-electron chi connectivity index (χ1n) is 7.38. The molecule has 3 rings (SSSR count). The monoisotopic (exact) mass is 330 g/mol. The summed E-state index contributed by atoms with van der Waals surface area (Å²) >= 11 is 1.44. The molecule has 3 aromatic rings. The molecular weight excluding hydrogens is 312 g/mol. The lowest BCUT2D eigenvalue weighted by atomic mass is 10.2. The molecule has 0 fully saturated rings. The minimum absolute atomic E-state index is 0.100. The summed E-state index contributed by atoms with van der Waals surface area (Å²) in [5, 5.41) is 8.30. The molecule has 0 saturated carbocycles. The Bertz CT molecular complexity index is 819. The van der Waals surface area contributed by atoms with Crippen LogP contribution in [0.5, 0.6) is 5.88 Å². The molecule has 0 aromatic carbocycles. The standard InChI is InChI=1S/C16H18N4O2S/c1-4-22-15-11(6-5-7-17-15)9-18-14(21)13-8-12-10(2)19-20(3)16(12)23-13/h5-8H,4,9H2,1-3H3,(H,18,21). The number of fused-ring (bicyclic) bond motifs is 1. The number of ether oxygens (including phenoxy) is 1. The van der Waals surface area contributed by atoms with Crippen LogP contribution in [0.2, 0.25) is 0 Å². The molecule has 0 aliphatic carbocycles. The van der Waals surface area contributed by atoms with Crippen LogP contribution < -0.4 is 10.1 Å². The molecule has 0 saturated heterocycles. The number of pyridine rings is 1. The molecule has 0 spiro atoms. The first kappa shape index (κ1) is 15.5. The van der Waals surface area contributed by atoms with Crippen molar-refractivity contribution in [1.29, 1.82) is 0 Å². The molecule has 0 bridgehead atoms. The quantitative estimate of drug-likeness (QED) is 0.781. The van der Waals surface area contributed by atoms with E-state index in [1.54, 1.807) is 10.9 Å². The lowest BCUT2D eigenvalue weighted by molar-refractivity contribution is 0.0954. The molecule has 6 nitrogen and oxygen atoms in total. The number of thiophene rings is 1. The van der Waals surface area contributed by atoms with E-state index in [1.165, 1.54) is 11.3 Å². The van der Waals surface area contributed by atoms with E-state index in [2.05, 4.69) is 15.4 Å². The van der Waals surface area contributed by atoms with E-state index in [4.69, 9.17) is 4.74 Å². The highest BCUT2D eigenvalue weighted by Gasteiger charge is 2.15. The molecule has 1 amide bonds. The minimum Gasteiger partial charge on any atom is -0.478 e. The summed E-state index contributed by atoms with van der Waals surface area (Å²) < 4.78 is 7.28. The van der Waals surface area contributed by atoms with Crippen LogP contribution in [0.25, 0.3) is 10.2 Å². The van der Waals surface area contributed by atoms with E-state index in [-0.39, 0.29) is 5.91 Å². The van der Waals surface area contributed by atoms with Crippen LogP contribution in [0.4, 0.5) is 0 Å². The SMILES string of the molecule is CCOc1ncccc1CNC(=O)c1cc2c(C)nn(C)c2s1. The first-order valence-corrected chi connectivity index (χ1v) is 8.19. The molecule has 7 heteroatoms. The maximum atomic E-state index is 12.4. The Morgan fingerprint density at radius 3 is 3.04 bits per heavy atom. The highest BCUT2D eigenvalue weighted by Crippen LogP contribution is 2.27. The Kier molecular flexibility index (Phi) is 4.29. The van der Waals surface area contributed by atoms with Crippen molar-refractivity contribution in [3.63, 3.8) is 0 Å². The molecule has 1 N–H and O–H groups in total. The van der Waals surface area contributed by atoms with Gasteiger partial charge >= 0.3 is 0 Å². The normalized spacial score (nSPS) is 10.9. The lowest BCUT2D eigenvalue weighted by Gasteiger charge is -2.09. The van der Waals surface area contributed by atoms with E-state index < -0.39 is 0 Å². The number of aryl methyl sites for hydroxylation is 2. The zero-order valence-electron chi connectivity index (χ0n) is 13.3. The van der Waals surface area contributed by atoms with Crippen molar-refractivity contribution in [2.24, 2.45) is 7.05 Å². The largest absolute Gasteiger partial charge is 0.478 e. The molecule has 23 heavy (non-hydrogen) atoms. The van der Waals surface area contributed by atoms with Crippen molar-refractivity contribution >= 4 is 27.5 Å². The van der Waals surface area contributed by atoms with Gasteiger partial charge in [0, 0.05) is 30.7 Å². The number of hydrogen-bond acceptors (Lipinski definition) is 5. The second-order valence-electron chi connectivity index (χ2n) is 5.12. The van der Waals surface area contributed by atoms with Crippen LogP contribution in [0.3, 0.4) is 0 Å². The average molecular weight is 330 g/mol. The molecule has 0 unspecified atom stereocenters. The molecule has 120 valence electrons. The number of aromatic nitrogens is 3. The fraction of sp³-hybridized carbons (Fsp3) is 0.312. The average Bonchev–Trinajstić information content (AvgIpc) is 3.09. The summed E-state index contributed by atoms with van der Waals surface area (Å²) in [5.74, 6) is 0.462. The van der Waals surface area contributed by atoms with Crippen molar-refractivity contribution in [3.05, 3.63) is 40.5 Å². The smallest absolute Gasteiger partial charge is 0.261 e. The number of rotatable bonds is 5. The summed E-state index contributed by atoms with van der Waals surface area (Å²) in [4.78, 5) is 18.3. The topological polar surface area (TPSA) is 69.0 Å². The fourth-order valence-electron chi connectivity index (χ4n) is 2.41. The van der Waals surface area contributed by atoms with Crippen molar-refractivity contribution < 1.29 is 9.53 Å². The molecule has 3 aromatic heterocycles. The van der Waals surface area contributed by atoms with Crippen LogP contribution in [-0.4, -0.2) is 27.3 Å². The van der Waals surface area contributed by atoms with Crippen LogP contribution in [0.1, 0.15) is 27.9 Å². The molecule has 3 heterocycles. The van der Waals surface area contributed by atoms with Gasteiger partial charge in [0.25, 0.3) is 5.91 Å². The highest BCUT2D eigenvalue weighted by molar-refractivity contribution is 7.20. The zero-order chi connectivity index (χ0) is 16.4. The maximum Gasteiger partial charge on any atom is 0.261 e. The first-order chi connectivity index (χ1) is 11.1. The Labute approximate surface area is 138 Å². The van der Waals surface area contributed by atoms with Gasteiger partial charge < -0.3 is 10.1 Å². The Balaban J connectivity index is 1.75. The number of carbonyl (C=O) groups excluding carboxylic acids is 1. The predicted octanol–water partition coefficient (Wildman–Crippen LogP) is 2.67. The Hall–Kier alpha value is -2.41. The van der Waals surface area contributed by atoms with E-state index in [0.717, 1.165) is 21.5 Å². The van der Waals surface area contributed by atoms with Gasteiger partial charge in [0.05, 0.1) is 17.2 Å². The summed E-state index contributed by atoms with van der Waals surface area (Å²) in [6.07, 6.45) is 1.68. The molecular formula is C16H18N4O2S. The van der Waals surface area contributed by atoms with E-state index >= 15 is 0 Å². The molecule has 0 radical (unpaired) electrons. The zero-order valence-corrected chi connectivity index (χ0v) is 14.1. The highest BCUT2D eigenvalue weighted by atomic mass is 32.1. The van der Waals surface area contributed by atoms with Gasteiger partial charge in [-0.05, 0) is 26.0 Å². The number of hydrogen-bond donors (Lipinski definition) is 1. The van der Waals surface area contributed by atoms with Crippen LogP contribution in [0.15, 0.2) is 24.4 Å². The van der Waals surface area contributed by atoms with E-state index in [1.807, 2.05) is 39.1 Å². The predicted molar refractivity (Wildman–Crippen MR) is 89.9 cm³/mol. The minimum atomic E-state index is -0.100. The summed E-state index contributed by atoms with van der Waals surface area (Å²) in [5.41, 5.74) is 1.80. The van der Waals surface area contributed by atoms with Gasteiger partial charge in [0.15, 0.2) is 0 Å². The number of amides is 1. The van der Waals surface area contributed by atoms with Crippen LogP contribution in [0, 0.1) is 6.92 Å². The second kappa shape index (κ2) is 6.37. The van der Waals surface area contributed by atoms with Gasteiger partial charge in [-0.2, -0.15) is 5.10 Å². The Morgan fingerprint density at radius 1 is 1.48 bits per heavy atom. The summed E-state index contributed by atoms with van der Waals surface area (Å²) in [6.45, 7) is 4.78. The van der Waals surface area contributed by atoms with Gasteiger partial charge in [-0.3, -0.25) is 9.48 Å². The van der Waals surface area contributed by atoms with Crippen LogP contribution >= 0.6 is 11.3 Å². The number of carbonyl (C=O) groups is 1. The maximum absolute atomic E-state index is 12.4. The van der Waals surface area contributed by atoms with E-state index in [9.17, 15) is 4.79 Å². The number of nitrogens with zero attached hydrogens (tertiary/aromatic N) is 3. The second-order valence-corrected chi connectivity index (χ2v) is 6.15.